The summed E-state index contributed by atoms with van der Waals surface area (Å²) in [5, 5.41) is 11.3. The highest BCUT2D eigenvalue weighted by Gasteiger charge is 2.19. The quantitative estimate of drug-likeness (QED) is 0.280. The minimum Gasteiger partial charge on any atom is -0.462 e. The van der Waals surface area contributed by atoms with E-state index >= 15 is 0 Å². The molecule has 8 heteroatoms. The molecule has 2 aromatic heterocycles. The molecule has 0 amide bonds. The number of esters is 1. The first-order valence-electron chi connectivity index (χ1n) is 7.98. The van der Waals surface area contributed by atoms with Gasteiger partial charge in [-0.25, -0.2) is 9.78 Å². The topological polar surface area (TPSA) is 100 Å². The van der Waals surface area contributed by atoms with Gasteiger partial charge in [-0.2, -0.15) is 0 Å². The summed E-state index contributed by atoms with van der Waals surface area (Å²) in [4.78, 5) is 30.8. The molecule has 3 aromatic rings. The lowest BCUT2D eigenvalue weighted by Gasteiger charge is -2.07. The maximum atomic E-state index is 12.2. The summed E-state index contributed by atoms with van der Waals surface area (Å²) in [7, 11) is 0. The van der Waals surface area contributed by atoms with Crippen LogP contribution in [-0.4, -0.2) is 32.0 Å². The molecule has 1 aromatic carbocycles. The van der Waals surface area contributed by atoms with Crippen LogP contribution in [0.3, 0.4) is 0 Å². The Kier molecular flexibility index (Phi) is 5.33. The Balaban J connectivity index is 1.64. The van der Waals surface area contributed by atoms with Gasteiger partial charge in [0, 0.05) is 30.9 Å². The van der Waals surface area contributed by atoms with E-state index in [4.69, 9.17) is 4.74 Å². The Bertz CT molecular complexity index is 895. The number of ether oxygens (including phenoxy) is 1. The minimum absolute atomic E-state index is 0.141. The van der Waals surface area contributed by atoms with E-state index < -0.39 is 10.9 Å². The van der Waals surface area contributed by atoms with Gasteiger partial charge in [0.25, 0.3) is 5.69 Å². The zero-order valence-corrected chi connectivity index (χ0v) is 13.8. The number of aromatic nitrogens is 3. The van der Waals surface area contributed by atoms with Crippen LogP contribution in [0.5, 0.6) is 0 Å². The molecule has 8 nitrogen and oxygen atoms in total. The SMILES string of the molecule is O=C(OCCCc1cccnc1)c1ccc(-n2ccnc2)c([N+](=O)[O-])c1. The summed E-state index contributed by atoms with van der Waals surface area (Å²) in [6.45, 7) is 0.227. The second kappa shape index (κ2) is 8.02. The molecule has 0 saturated heterocycles. The molecule has 0 spiro atoms. The van der Waals surface area contributed by atoms with Crippen molar-refractivity contribution in [2.45, 2.75) is 12.8 Å². The van der Waals surface area contributed by atoms with Gasteiger partial charge in [-0.1, -0.05) is 6.07 Å². The van der Waals surface area contributed by atoms with Gasteiger partial charge in [0.15, 0.2) is 0 Å². The summed E-state index contributed by atoms with van der Waals surface area (Å²) >= 11 is 0. The van der Waals surface area contributed by atoms with Crippen molar-refractivity contribution in [3.63, 3.8) is 0 Å². The van der Waals surface area contributed by atoms with E-state index in [-0.39, 0.29) is 17.9 Å². The van der Waals surface area contributed by atoms with Gasteiger partial charge in [-0.15, -0.1) is 0 Å². The number of nitro groups is 1. The van der Waals surface area contributed by atoms with Crippen LogP contribution in [0.25, 0.3) is 5.69 Å². The normalized spacial score (nSPS) is 10.5. The highest BCUT2D eigenvalue weighted by Crippen LogP contribution is 2.24. The van der Waals surface area contributed by atoms with Crippen molar-refractivity contribution in [3.8, 4) is 5.69 Å². The number of pyridine rings is 1. The molecule has 0 aliphatic rings. The van der Waals surface area contributed by atoms with Crippen LogP contribution in [-0.2, 0) is 11.2 Å². The number of carbonyl (C=O) groups is 1. The van der Waals surface area contributed by atoms with Crippen molar-refractivity contribution in [3.05, 3.63) is 82.7 Å². The van der Waals surface area contributed by atoms with Gasteiger partial charge in [0.1, 0.15) is 5.69 Å². The number of aryl methyl sites for hydroxylation is 1. The van der Waals surface area contributed by atoms with Gasteiger partial charge >= 0.3 is 5.97 Å². The molecule has 2 heterocycles. The molecular formula is C18H16N4O4. The lowest BCUT2D eigenvalue weighted by atomic mass is 10.1. The number of benzene rings is 1. The van der Waals surface area contributed by atoms with Gasteiger partial charge < -0.3 is 9.30 Å². The van der Waals surface area contributed by atoms with Gasteiger partial charge in [-0.3, -0.25) is 15.1 Å². The van der Waals surface area contributed by atoms with E-state index in [1.165, 1.54) is 35.3 Å². The molecule has 26 heavy (non-hydrogen) atoms. The fourth-order valence-corrected chi connectivity index (χ4v) is 2.49. The van der Waals surface area contributed by atoms with E-state index in [2.05, 4.69) is 9.97 Å². The summed E-state index contributed by atoms with van der Waals surface area (Å²) in [6.07, 6.45) is 9.42. The number of nitro benzene ring substituents is 1. The lowest BCUT2D eigenvalue weighted by molar-refractivity contribution is -0.384. The second-order valence-corrected chi connectivity index (χ2v) is 5.53. The molecule has 3 rings (SSSR count). The largest absolute Gasteiger partial charge is 0.462 e. The molecule has 132 valence electrons. The standard InChI is InChI=1S/C18H16N4O4/c23-18(26-10-2-4-14-3-1-7-19-12-14)15-5-6-16(17(11-15)22(24)25)21-9-8-20-13-21/h1,3,5-9,11-13H,2,4,10H2. The monoisotopic (exact) mass is 352 g/mol. The molecule has 0 unspecified atom stereocenters. The Morgan fingerprint density at radius 1 is 1.23 bits per heavy atom. The smallest absolute Gasteiger partial charge is 0.338 e. The Morgan fingerprint density at radius 2 is 2.12 bits per heavy atom. The number of nitrogens with zero attached hydrogens (tertiary/aromatic N) is 4. The first kappa shape index (κ1) is 17.3. The fourth-order valence-electron chi connectivity index (χ4n) is 2.49. The number of imidazole rings is 1. The molecule has 0 fully saturated rings. The highest BCUT2D eigenvalue weighted by atomic mass is 16.6. The highest BCUT2D eigenvalue weighted by molar-refractivity contribution is 5.90. The number of hydrogen-bond donors (Lipinski definition) is 0. The first-order valence-corrected chi connectivity index (χ1v) is 7.98. The van der Waals surface area contributed by atoms with Crippen LogP contribution in [0, 0.1) is 10.1 Å². The number of carbonyl (C=O) groups excluding carboxylic acids is 1. The molecule has 0 radical (unpaired) electrons. The van der Waals surface area contributed by atoms with Crippen molar-refractivity contribution in [2.24, 2.45) is 0 Å². The first-order chi connectivity index (χ1) is 12.6. The van der Waals surface area contributed by atoms with Crippen LogP contribution in [0.2, 0.25) is 0 Å². The van der Waals surface area contributed by atoms with Gasteiger partial charge in [-0.05, 0) is 36.6 Å². The Morgan fingerprint density at radius 3 is 2.81 bits per heavy atom. The van der Waals surface area contributed by atoms with Crippen LogP contribution >= 0.6 is 0 Å². The zero-order chi connectivity index (χ0) is 18.4. The molecule has 0 atom stereocenters. The van der Waals surface area contributed by atoms with Crippen molar-refractivity contribution >= 4 is 11.7 Å². The van der Waals surface area contributed by atoms with E-state index in [0.717, 1.165) is 12.0 Å². The van der Waals surface area contributed by atoms with E-state index in [0.29, 0.717) is 12.1 Å². The lowest BCUT2D eigenvalue weighted by Crippen LogP contribution is -2.09. The Labute approximate surface area is 149 Å². The maximum Gasteiger partial charge on any atom is 0.338 e. The summed E-state index contributed by atoms with van der Waals surface area (Å²) < 4.78 is 6.73. The van der Waals surface area contributed by atoms with Crippen LogP contribution < -0.4 is 0 Å². The van der Waals surface area contributed by atoms with Crippen molar-refractivity contribution < 1.29 is 14.5 Å². The molecule has 0 bridgehead atoms. The predicted octanol–water partition coefficient (Wildman–Crippen LogP) is 2.97. The predicted molar refractivity (Wildman–Crippen MR) is 93.1 cm³/mol. The molecule has 0 aliphatic carbocycles. The average molecular weight is 352 g/mol. The molecule has 0 N–H and O–H groups in total. The van der Waals surface area contributed by atoms with Gasteiger partial charge in [0.2, 0.25) is 0 Å². The van der Waals surface area contributed by atoms with Crippen LogP contribution in [0.4, 0.5) is 5.69 Å². The summed E-state index contributed by atoms with van der Waals surface area (Å²) in [5.41, 5.74) is 1.35. The van der Waals surface area contributed by atoms with E-state index in [1.807, 2.05) is 12.1 Å². The van der Waals surface area contributed by atoms with Gasteiger partial charge in [0.05, 0.1) is 23.4 Å². The van der Waals surface area contributed by atoms with E-state index in [9.17, 15) is 14.9 Å². The second-order valence-electron chi connectivity index (χ2n) is 5.53. The fraction of sp³-hybridized carbons (Fsp3) is 0.167. The molecule has 0 aliphatic heterocycles. The molecule has 0 saturated carbocycles. The third-order valence-electron chi connectivity index (χ3n) is 3.76. The number of hydrogen-bond acceptors (Lipinski definition) is 6. The van der Waals surface area contributed by atoms with Crippen LogP contribution in [0.1, 0.15) is 22.3 Å². The van der Waals surface area contributed by atoms with Crippen molar-refractivity contribution in [1.82, 2.24) is 14.5 Å². The zero-order valence-electron chi connectivity index (χ0n) is 13.8. The summed E-state index contributed by atoms with van der Waals surface area (Å²) in [6, 6.07) is 8.03. The van der Waals surface area contributed by atoms with Crippen LogP contribution in [0.15, 0.2) is 61.4 Å². The third-order valence-corrected chi connectivity index (χ3v) is 3.76. The Hall–Kier alpha value is -3.55. The minimum atomic E-state index is -0.587. The van der Waals surface area contributed by atoms with Crippen molar-refractivity contribution in [2.75, 3.05) is 6.61 Å². The number of rotatable bonds is 7. The summed E-state index contributed by atoms with van der Waals surface area (Å²) in [5.74, 6) is -0.587. The average Bonchev–Trinajstić information content (AvgIpc) is 3.20. The van der Waals surface area contributed by atoms with Crippen molar-refractivity contribution in [1.29, 1.82) is 0 Å². The molecular weight excluding hydrogens is 336 g/mol. The third kappa shape index (κ3) is 4.10. The van der Waals surface area contributed by atoms with E-state index in [1.54, 1.807) is 18.6 Å². The maximum absolute atomic E-state index is 12.2.